The quantitative estimate of drug-likeness (QED) is 0.158. The van der Waals surface area contributed by atoms with E-state index in [9.17, 15) is 0 Å². The van der Waals surface area contributed by atoms with Gasteiger partial charge in [-0.05, 0) is 0 Å². The van der Waals surface area contributed by atoms with Gasteiger partial charge in [0.25, 0.3) is 0 Å². The maximum Gasteiger partial charge on any atom is -0.147 e. The molecule has 0 aromatic heterocycles. The number of hydrogen-bond acceptors (Lipinski definition) is 0. The summed E-state index contributed by atoms with van der Waals surface area (Å²) in [5.74, 6) is 0. The molecule has 0 heterocycles. The van der Waals surface area contributed by atoms with Crippen LogP contribution >= 0.6 is 24.8 Å². The molecule has 0 bridgehead atoms. The van der Waals surface area contributed by atoms with Crippen LogP contribution in [0.3, 0.4) is 0 Å². The van der Waals surface area contributed by atoms with E-state index < -0.39 is 17.1 Å². The van der Waals surface area contributed by atoms with Crippen molar-refractivity contribution in [3.8, 4) is 0 Å². The molecule has 0 nitrogen and oxygen atoms in total. The van der Waals surface area contributed by atoms with Crippen LogP contribution in [-0.2, 0) is 30.0 Å². The zero-order chi connectivity index (χ0) is 27.6. The Morgan fingerprint density at radius 2 is 0.952 bits per heavy atom. The first-order valence-corrected chi connectivity index (χ1v) is 30.2. The van der Waals surface area contributed by atoms with Crippen LogP contribution < -0.4 is 6.64 Å². The molecule has 0 radical (unpaired) electrons. The fourth-order valence-electron chi connectivity index (χ4n) is 7.17. The fourth-order valence-corrected chi connectivity index (χ4v) is 40.7. The summed E-state index contributed by atoms with van der Waals surface area (Å²) in [4.78, 5) is 0. The summed E-state index contributed by atoms with van der Waals surface area (Å²) in [6.07, 6.45) is 13.9. The molecule has 4 aromatic carbocycles. The number of halogens is 2. The van der Waals surface area contributed by atoms with Gasteiger partial charge in [0.2, 0.25) is 0 Å². The fraction of sp³-hybridized carbons (Fsp3) is 0.158. The zero-order valence-electron chi connectivity index (χ0n) is 24.6. The second-order valence-corrected chi connectivity index (χ2v) is 41.8. The van der Waals surface area contributed by atoms with Crippen molar-refractivity contribution >= 4 is 49.5 Å². The Hall–Kier alpha value is -2.49. The molecule has 0 spiro atoms. The van der Waals surface area contributed by atoms with Crippen LogP contribution in [0, 0.1) is 0 Å². The van der Waals surface area contributed by atoms with E-state index in [1.165, 1.54) is 33.4 Å². The second-order valence-electron chi connectivity index (χ2n) is 11.3. The molecule has 0 saturated heterocycles. The monoisotopic (exact) mass is 774 g/mol. The van der Waals surface area contributed by atoms with E-state index in [0.717, 1.165) is 25.7 Å². The molecular weight excluding hydrogens is 734 g/mol. The smallest absolute Gasteiger partial charge is 0.147 e. The Bertz CT molecular complexity index is 1630. The van der Waals surface area contributed by atoms with Crippen LogP contribution in [-0.4, -0.2) is 6.94 Å². The molecule has 0 fully saturated rings. The molecule has 42 heavy (non-hydrogen) atoms. The summed E-state index contributed by atoms with van der Waals surface area (Å²) >= 11 is -4.61. The molecule has 214 valence electrons. The third-order valence-corrected chi connectivity index (χ3v) is 47.5. The van der Waals surface area contributed by atoms with Crippen LogP contribution in [0.15, 0.2) is 140 Å². The molecule has 2 aliphatic carbocycles. The molecule has 0 N–H and O–H groups in total. The van der Waals surface area contributed by atoms with Crippen molar-refractivity contribution in [2.45, 2.75) is 39.5 Å². The van der Waals surface area contributed by atoms with Crippen LogP contribution in [0.5, 0.6) is 0 Å². The van der Waals surface area contributed by atoms with E-state index >= 15 is 0 Å². The molecular formula is C38H40Cl2HfSi. The van der Waals surface area contributed by atoms with Gasteiger partial charge in [-0.25, -0.2) is 0 Å². The van der Waals surface area contributed by atoms with Crippen molar-refractivity contribution in [1.82, 2.24) is 0 Å². The minimum absolute atomic E-state index is 0. The van der Waals surface area contributed by atoms with E-state index in [2.05, 4.69) is 154 Å². The average Bonchev–Trinajstić information content (AvgIpc) is 3.74. The van der Waals surface area contributed by atoms with Gasteiger partial charge in [0.1, 0.15) is 0 Å². The van der Waals surface area contributed by atoms with Gasteiger partial charge in [0, 0.05) is 0 Å². The van der Waals surface area contributed by atoms with Crippen molar-refractivity contribution in [1.29, 1.82) is 0 Å². The maximum absolute atomic E-state index is 4.61. The first kappa shape index (κ1) is 32.4. The van der Waals surface area contributed by atoms with Crippen molar-refractivity contribution in [2.24, 2.45) is 0 Å². The third kappa shape index (κ3) is 5.26. The minimum Gasteiger partial charge on any atom is -0.147 e. The van der Waals surface area contributed by atoms with Crippen molar-refractivity contribution < 1.29 is 17.1 Å². The summed E-state index contributed by atoms with van der Waals surface area (Å²) in [6, 6.07) is 41.8. The summed E-state index contributed by atoms with van der Waals surface area (Å²) < 4.78 is 6.47. The van der Waals surface area contributed by atoms with Crippen LogP contribution in [0.1, 0.15) is 48.9 Å². The first-order valence-electron chi connectivity index (χ1n) is 14.7. The number of rotatable bonds is 8. The number of hydrogen-bond donors (Lipinski definition) is 0. The molecule has 0 amide bonds. The Balaban J connectivity index is 0.00000202. The summed E-state index contributed by atoms with van der Waals surface area (Å²) in [7, 11) is 0. The van der Waals surface area contributed by atoms with Crippen LogP contribution in [0.4, 0.5) is 0 Å². The van der Waals surface area contributed by atoms with E-state index in [0.29, 0.717) is 0 Å². The van der Waals surface area contributed by atoms with E-state index in [4.69, 9.17) is 0 Å². The number of aryl methyl sites for hydroxylation is 2. The van der Waals surface area contributed by atoms with Gasteiger partial charge >= 0.3 is 244 Å². The number of benzene rings is 4. The van der Waals surface area contributed by atoms with Crippen LogP contribution in [0.2, 0.25) is 0 Å². The topological polar surface area (TPSA) is 0 Å². The van der Waals surface area contributed by atoms with Gasteiger partial charge in [-0.3, -0.25) is 0 Å². The molecule has 0 atom stereocenters. The van der Waals surface area contributed by atoms with E-state index in [1.54, 1.807) is 13.3 Å². The predicted molar refractivity (Wildman–Crippen MR) is 188 cm³/mol. The minimum atomic E-state index is -4.61. The SMILES string of the molecule is CCc1cccc(C2=[C]([Hf](=[SiH2])([C]3=C(c4cccc(CC)c4)C=CC3)([c]3ccccc3)[c]3ccccc3)CC=C2)c1.Cl.Cl. The standard InChI is InChI=1S/2C13H13.2C6H5.2ClH.Hf.H2Si/c2*1-2-11-6-5-9-13(10-11)12-7-3-4-8-12;2*1-2-4-6-5-3-1;;;;/h2*3,5-7,9-10H,2,4H2,1H3;2*1-5H;2*1H;;1H2. The Labute approximate surface area is 266 Å². The van der Waals surface area contributed by atoms with Crippen LogP contribution in [0.25, 0.3) is 11.1 Å². The van der Waals surface area contributed by atoms with E-state index in [1.807, 2.05) is 0 Å². The van der Waals surface area contributed by atoms with Crippen molar-refractivity contribution in [3.63, 3.8) is 0 Å². The zero-order valence-corrected chi connectivity index (χ0v) is 31.2. The van der Waals surface area contributed by atoms with Gasteiger partial charge in [0.05, 0.1) is 0 Å². The van der Waals surface area contributed by atoms with Gasteiger partial charge in [-0.15, -0.1) is 24.8 Å². The maximum atomic E-state index is 2.45. The molecule has 4 heteroatoms. The van der Waals surface area contributed by atoms with Gasteiger partial charge in [-0.1, -0.05) is 0 Å². The first-order chi connectivity index (χ1) is 19.6. The van der Waals surface area contributed by atoms with Crippen molar-refractivity contribution in [2.75, 3.05) is 0 Å². The average molecular weight is 774 g/mol. The molecule has 4 aromatic rings. The normalized spacial score (nSPS) is 14.6. The van der Waals surface area contributed by atoms with Gasteiger partial charge in [0.15, 0.2) is 0 Å². The molecule has 0 saturated carbocycles. The predicted octanol–water partition coefficient (Wildman–Crippen LogP) is 8.59. The van der Waals surface area contributed by atoms with E-state index in [-0.39, 0.29) is 24.8 Å². The van der Waals surface area contributed by atoms with Crippen molar-refractivity contribution in [3.05, 3.63) is 162 Å². The molecule has 0 aliphatic heterocycles. The number of allylic oxidation sites excluding steroid dienone is 8. The molecule has 2 aliphatic rings. The van der Waals surface area contributed by atoms with Gasteiger partial charge in [-0.2, -0.15) is 0 Å². The second kappa shape index (κ2) is 13.4. The summed E-state index contributed by atoms with van der Waals surface area (Å²) in [5.41, 5.74) is 8.44. The summed E-state index contributed by atoms with van der Waals surface area (Å²) in [6.45, 7) is 6.92. The Kier molecular flexibility index (Phi) is 10.4. The van der Waals surface area contributed by atoms with Gasteiger partial charge < -0.3 is 0 Å². The molecule has 6 rings (SSSR count). The Morgan fingerprint density at radius 1 is 0.548 bits per heavy atom. The molecule has 0 unspecified atom stereocenters. The largest absolute Gasteiger partial charge is 0.147 e. The Morgan fingerprint density at radius 3 is 1.33 bits per heavy atom. The third-order valence-electron chi connectivity index (χ3n) is 9.31. The summed E-state index contributed by atoms with van der Waals surface area (Å²) in [5, 5.41) is 0.